The van der Waals surface area contributed by atoms with Gasteiger partial charge in [-0.15, -0.1) is 0 Å². The Morgan fingerprint density at radius 3 is 2.67 bits per heavy atom. The van der Waals surface area contributed by atoms with Gasteiger partial charge < -0.3 is 15.0 Å². The van der Waals surface area contributed by atoms with E-state index in [9.17, 15) is 0 Å². The smallest absolute Gasteiger partial charge is 0.193 e. The minimum atomic E-state index is 0.266. The van der Waals surface area contributed by atoms with E-state index in [-0.39, 0.29) is 5.41 Å². The van der Waals surface area contributed by atoms with Gasteiger partial charge in [0, 0.05) is 32.1 Å². The summed E-state index contributed by atoms with van der Waals surface area (Å²) in [5, 5.41) is 3.58. The Hall–Kier alpha value is -1.55. The van der Waals surface area contributed by atoms with Crippen molar-refractivity contribution in [1.29, 1.82) is 0 Å². The topological polar surface area (TPSA) is 36.9 Å². The summed E-state index contributed by atoms with van der Waals surface area (Å²) < 4.78 is 5.35. The highest BCUT2D eigenvalue weighted by Gasteiger charge is 2.35. The summed E-state index contributed by atoms with van der Waals surface area (Å²) in [5.74, 6) is 2.40. The van der Waals surface area contributed by atoms with Gasteiger partial charge in [0.25, 0.3) is 0 Å². The maximum Gasteiger partial charge on any atom is 0.193 e. The number of ether oxygens (including phenoxy) is 1. The molecule has 2 unspecified atom stereocenters. The SMILES string of the molecule is CCC1CN(C(=NC)NCC2(C)COC2)CCC1c1ccccc1. The van der Waals surface area contributed by atoms with Crippen molar-refractivity contribution in [2.45, 2.75) is 32.6 Å². The zero-order valence-corrected chi connectivity index (χ0v) is 15.3. The second kappa shape index (κ2) is 7.56. The molecule has 0 radical (unpaired) electrons. The third kappa shape index (κ3) is 3.75. The number of guanidine groups is 1. The number of piperidine rings is 1. The Balaban J connectivity index is 1.61. The molecule has 1 aromatic rings. The van der Waals surface area contributed by atoms with E-state index in [1.54, 1.807) is 0 Å². The number of nitrogens with zero attached hydrogens (tertiary/aromatic N) is 2. The van der Waals surface area contributed by atoms with Crippen LogP contribution in [0, 0.1) is 11.3 Å². The highest BCUT2D eigenvalue weighted by Crippen LogP contribution is 2.35. The number of rotatable bonds is 4. The molecule has 0 bridgehead atoms. The molecule has 2 aliphatic heterocycles. The van der Waals surface area contributed by atoms with Crippen LogP contribution in [0.2, 0.25) is 0 Å². The number of nitrogens with one attached hydrogen (secondary N) is 1. The second-order valence-electron chi connectivity index (χ2n) is 7.62. The van der Waals surface area contributed by atoms with Crippen molar-refractivity contribution in [2.24, 2.45) is 16.3 Å². The van der Waals surface area contributed by atoms with Crippen molar-refractivity contribution in [3.63, 3.8) is 0 Å². The molecule has 3 rings (SSSR count). The average Bonchev–Trinajstić information content (AvgIpc) is 2.61. The van der Waals surface area contributed by atoms with E-state index >= 15 is 0 Å². The quantitative estimate of drug-likeness (QED) is 0.681. The van der Waals surface area contributed by atoms with Gasteiger partial charge in [0.1, 0.15) is 0 Å². The zero-order chi connectivity index (χ0) is 17.0. The van der Waals surface area contributed by atoms with E-state index in [1.807, 2.05) is 7.05 Å². The molecule has 0 amide bonds. The van der Waals surface area contributed by atoms with Crippen LogP contribution in [0.25, 0.3) is 0 Å². The summed E-state index contributed by atoms with van der Waals surface area (Å²) in [6.45, 7) is 9.39. The largest absolute Gasteiger partial charge is 0.380 e. The first-order valence-electron chi connectivity index (χ1n) is 9.23. The minimum absolute atomic E-state index is 0.266. The molecule has 0 aromatic heterocycles. The van der Waals surface area contributed by atoms with Crippen molar-refractivity contribution in [2.75, 3.05) is 39.9 Å². The Bertz CT molecular complexity index is 553. The Labute approximate surface area is 146 Å². The van der Waals surface area contributed by atoms with Crippen LogP contribution in [0.1, 0.15) is 38.2 Å². The van der Waals surface area contributed by atoms with E-state index in [4.69, 9.17) is 4.74 Å². The van der Waals surface area contributed by atoms with Crippen molar-refractivity contribution < 1.29 is 4.74 Å². The van der Waals surface area contributed by atoms with Gasteiger partial charge in [-0.05, 0) is 23.8 Å². The summed E-state index contributed by atoms with van der Waals surface area (Å²) >= 11 is 0. The third-order valence-corrected chi connectivity index (χ3v) is 5.57. The number of likely N-dealkylation sites (tertiary alicyclic amines) is 1. The summed E-state index contributed by atoms with van der Waals surface area (Å²) in [7, 11) is 1.90. The summed E-state index contributed by atoms with van der Waals surface area (Å²) in [5.41, 5.74) is 1.76. The normalized spacial score (nSPS) is 26.8. The Kier molecular flexibility index (Phi) is 5.44. The maximum absolute atomic E-state index is 5.35. The van der Waals surface area contributed by atoms with Crippen LogP contribution >= 0.6 is 0 Å². The first kappa shape index (κ1) is 17.3. The first-order valence-corrected chi connectivity index (χ1v) is 9.23. The lowest BCUT2D eigenvalue weighted by molar-refractivity contribution is -0.0973. The van der Waals surface area contributed by atoms with Crippen molar-refractivity contribution in [3.8, 4) is 0 Å². The van der Waals surface area contributed by atoms with Gasteiger partial charge in [0.15, 0.2) is 5.96 Å². The number of aliphatic imine (C=N–C) groups is 1. The fraction of sp³-hybridized carbons (Fsp3) is 0.650. The Morgan fingerprint density at radius 1 is 1.33 bits per heavy atom. The lowest BCUT2D eigenvalue weighted by atomic mass is 9.79. The molecule has 0 spiro atoms. The molecule has 4 nitrogen and oxygen atoms in total. The first-order chi connectivity index (χ1) is 11.6. The van der Waals surface area contributed by atoms with Crippen LogP contribution < -0.4 is 5.32 Å². The lowest BCUT2D eigenvalue weighted by Gasteiger charge is -2.42. The summed E-state index contributed by atoms with van der Waals surface area (Å²) in [4.78, 5) is 6.97. The van der Waals surface area contributed by atoms with E-state index in [0.29, 0.717) is 11.8 Å². The van der Waals surface area contributed by atoms with Crippen molar-refractivity contribution in [1.82, 2.24) is 10.2 Å². The van der Waals surface area contributed by atoms with Gasteiger partial charge in [-0.3, -0.25) is 4.99 Å². The van der Waals surface area contributed by atoms with Crippen molar-refractivity contribution in [3.05, 3.63) is 35.9 Å². The monoisotopic (exact) mass is 329 g/mol. The molecule has 24 heavy (non-hydrogen) atoms. The van der Waals surface area contributed by atoms with Crippen LogP contribution in [-0.4, -0.2) is 50.8 Å². The second-order valence-corrected chi connectivity index (χ2v) is 7.62. The van der Waals surface area contributed by atoms with Gasteiger partial charge in [-0.1, -0.05) is 50.6 Å². The molecular weight excluding hydrogens is 298 g/mol. The van der Waals surface area contributed by atoms with Gasteiger partial charge >= 0.3 is 0 Å². The Morgan fingerprint density at radius 2 is 2.08 bits per heavy atom. The standard InChI is InChI=1S/C20H31N3O/c1-4-16-12-23(11-10-18(16)17-8-6-5-7-9-17)19(21-3)22-13-20(2)14-24-15-20/h5-9,16,18H,4,10-15H2,1-3H3,(H,21,22). The van der Waals surface area contributed by atoms with Crippen molar-refractivity contribution >= 4 is 5.96 Å². The van der Waals surface area contributed by atoms with Crippen LogP contribution in [0.4, 0.5) is 0 Å². The van der Waals surface area contributed by atoms with E-state index in [1.165, 1.54) is 18.4 Å². The predicted molar refractivity (Wildman–Crippen MR) is 99.4 cm³/mol. The molecule has 2 atom stereocenters. The van der Waals surface area contributed by atoms with E-state index < -0.39 is 0 Å². The highest BCUT2D eigenvalue weighted by molar-refractivity contribution is 5.80. The van der Waals surface area contributed by atoms with E-state index in [2.05, 4.69) is 59.4 Å². The van der Waals surface area contributed by atoms with Crippen LogP contribution in [0.15, 0.2) is 35.3 Å². The lowest BCUT2D eigenvalue weighted by Crippen LogP contribution is -2.54. The van der Waals surface area contributed by atoms with Gasteiger partial charge in [0.05, 0.1) is 13.2 Å². The molecule has 132 valence electrons. The molecule has 2 aliphatic rings. The number of hydrogen-bond acceptors (Lipinski definition) is 2. The van der Waals surface area contributed by atoms with Gasteiger partial charge in [-0.25, -0.2) is 0 Å². The van der Waals surface area contributed by atoms with Crippen LogP contribution in [0.5, 0.6) is 0 Å². The summed E-state index contributed by atoms with van der Waals surface area (Å²) in [6.07, 6.45) is 2.40. The highest BCUT2D eigenvalue weighted by atomic mass is 16.5. The molecule has 4 heteroatoms. The van der Waals surface area contributed by atoms with Crippen LogP contribution in [0.3, 0.4) is 0 Å². The zero-order valence-electron chi connectivity index (χ0n) is 15.3. The predicted octanol–water partition coefficient (Wildman–Crippen LogP) is 3.11. The molecule has 1 N–H and O–H groups in total. The molecule has 0 aliphatic carbocycles. The number of benzene rings is 1. The molecule has 1 aromatic carbocycles. The van der Waals surface area contributed by atoms with E-state index in [0.717, 1.165) is 38.8 Å². The molecule has 2 saturated heterocycles. The molecule has 2 fully saturated rings. The van der Waals surface area contributed by atoms with Crippen LogP contribution in [-0.2, 0) is 4.74 Å². The fourth-order valence-corrected chi connectivity index (χ4v) is 3.95. The average molecular weight is 329 g/mol. The fourth-order valence-electron chi connectivity index (χ4n) is 3.95. The molecular formula is C20H31N3O. The van der Waals surface area contributed by atoms with Gasteiger partial charge in [0.2, 0.25) is 0 Å². The number of hydrogen-bond donors (Lipinski definition) is 1. The minimum Gasteiger partial charge on any atom is -0.380 e. The molecule has 2 heterocycles. The van der Waals surface area contributed by atoms with Gasteiger partial charge in [-0.2, -0.15) is 0 Å². The maximum atomic E-state index is 5.35. The summed E-state index contributed by atoms with van der Waals surface area (Å²) in [6, 6.07) is 11.0. The molecule has 0 saturated carbocycles. The third-order valence-electron chi connectivity index (χ3n) is 5.57.